The zero-order valence-electron chi connectivity index (χ0n) is 31.0. The van der Waals surface area contributed by atoms with Gasteiger partial charge in [-0.3, -0.25) is 19.2 Å². The minimum atomic E-state index is -0.157. The molecule has 0 saturated heterocycles. The molecule has 0 aromatic heterocycles. The predicted molar refractivity (Wildman–Crippen MR) is 230 cm³/mol. The molecule has 0 saturated carbocycles. The molecule has 6 aromatic rings. The first-order chi connectivity index (χ1) is 28.4. The number of benzene rings is 6. The Morgan fingerprint density at radius 1 is 0.362 bits per heavy atom. The van der Waals surface area contributed by atoms with Gasteiger partial charge in [0, 0.05) is 56.0 Å². The molecule has 0 fully saturated rings. The third-order valence-electron chi connectivity index (χ3n) is 11.7. The highest BCUT2D eigenvalue weighted by Gasteiger charge is 2.45. The molecule has 0 radical (unpaired) electrons. The number of hydrogen-bond acceptors (Lipinski definition) is 4. The predicted octanol–water partition coefficient (Wildman–Crippen LogP) is 12.0. The van der Waals surface area contributed by atoms with Crippen LogP contribution in [0.15, 0.2) is 192 Å². The van der Waals surface area contributed by atoms with Gasteiger partial charge in [-0.05, 0) is 92.1 Å². The van der Waals surface area contributed by atoms with Crippen LogP contribution in [0, 0.1) is 0 Å². The van der Waals surface area contributed by atoms with Crippen LogP contribution in [-0.2, 0) is 9.59 Å². The number of aldehydes is 2. The maximum Gasteiger partial charge on any atom is 0.186 e. The van der Waals surface area contributed by atoms with E-state index in [0.29, 0.717) is 21.2 Å². The molecule has 0 heterocycles. The molecule has 4 aliphatic rings. The smallest absolute Gasteiger partial charge is 0.186 e. The lowest BCUT2D eigenvalue weighted by Crippen LogP contribution is -2.13. The minimum Gasteiger partial charge on any atom is -0.298 e. The number of rotatable bonds is 6. The van der Waals surface area contributed by atoms with E-state index in [4.69, 9.17) is 23.2 Å². The average molecular weight is 794 g/mol. The molecule has 4 aliphatic carbocycles. The number of hydrogen-bond donors (Lipinski definition) is 0. The van der Waals surface area contributed by atoms with E-state index in [1.165, 1.54) is 0 Å². The highest BCUT2D eigenvalue weighted by Crippen LogP contribution is 2.58. The Balaban J connectivity index is 0.000000150. The summed E-state index contributed by atoms with van der Waals surface area (Å²) in [5.74, 6) is -0.593. The Hall–Kier alpha value is -6.46. The second-order valence-electron chi connectivity index (χ2n) is 14.8. The number of allylic oxidation sites excluding steroid dienone is 8. The van der Waals surface area contributed by atoms with Crippen molar-refractivity contribution in [3.8, 4) is 0 Å². The number of halogens is 2. The molecule has 10 rings (SSSR count). The number of fused-ring (bicyclic) bond motifs is 6. The number of carbonyl (C=O) groups excluding carboxylic acids is 4. The van der Waals surface area contributed by atoms with Gasteiger partial charge in [-0.25, -0.2) is 0 Å². The summed E-state index contributed by atoms with van der Waals surface area (Å²) in [5.41, 5.74) is 12.2. The summed E-state index contributed by atoms with van der Waals surface area (Å²) < 4.78 is 0. The van der Waals surface area contributed by atoms with Crippen molar-refractivity contribution >= 4 is 58.5 Å². The topological polar surface area (TPSA) is 68.3 Å². The van der Waals surface area contributed by atoms with Crippen molar-refractivity contribution in [1.29, 1.82) is 0 Å². The number of carbonyl (C=O) groups is 4. The molecular formula is C52H34Cl2O4. The van der Waals surface area contributed by atoms with Crippen LogP contribution in [0.1, 0.15) is 77.8 Å². The van der Waals surface area contributed by atoms with Crippen LogP contribution in [0.4, 0.5) is 0 Å². The van der Waals surface area contributed by atoms with Crippen LogP contribution in [0.2, 0.25) is 10.0 Å². The molecule has 0 bridgehead atoms. The van der Waals surface area contributed by atoms with E-state index in [1.54, 1.807) is 12.2 Å². The van der Waals surface area contributed by atoms with E-state index < -0.39 is 0 Å². The lowest BCUT2D eigenvalue weighted by Gasteiger charge is -2.25. The summed E-state index contributed by atoms with van der Waals surface area (Å²) in [7, 11) is 0. The normalized spacial score (nSPS) is 20.2. The van der Waals surface area contributed by atoms with E-state index in [9.17, 15) is 19.2 Å². The quantitative estimate of drug-likeness (QED) is 0.158. The van der Waals surface area contributed by atoms with Gasteiger partial charge < -0.3 is 0 Å². The molecule has 0 N–H and O–H groups in total. The van der Waals surface area contributed by atoms with Crippen LogP contribution >= 0.6 is 23.2 Å². The molecule has 4 atom stereocenters. The van der Waals surface area contributed by atoms with Gasteiger partial charge in [0.1, 0.15) is 12.6 Å². The van der Waals surface area contributed by atoms with Gasteiger partial charge >= 0.3 is 0 Å². The lowest BCUT2D eigenvalue weighted by atomic mass is 9.77. The van der Waals surface area contributed by atoms with E-state index in [0.717, 1.165) is 79.4 Å². The third kappa shape index (κ3) is 6.35. The molecule has 0 amide bonds. The second kappa shape index (κ2) is 15.5. The third-order valence-corrected chi connectivity index (χ3v) is 12.2. The van der Waals surface area contributed by atoms with E-state index in [1.807, 2.05) is 158 Å². The summed E-state index contributed by atoms with van der Waals surface area (Å²) >= 11 is 12.2. The van der Waals surface area contributed by atoms with Crippen molar-refractivity contribution in [2.24, 2.45) is 0 Å². The van der Waals surface area contributed by atoms with Crippen molar-refractivity contribution in [1.82, 2.24) is 0 Å². The Bertz CT molecular complexity index is 2570. The Kier molecular flexibility index (Phi) is 9.91. The zero-order chi connectivity index (χ0) is 39.9. The summed E-state index contributed by atoms with van der Waals surface area (Å²) in [5, 5.41) is 1.32. The summed E-state index contributed by atoms with van der Waals surface area (Å²) in [6.07, 6.45) is 5.35. The van der Waals surface area contributed by atoms with Crippen LogP contribution in [0.5, 0.6) is 0 Å². The van der Waals surface area contributed by atoms with Gasteiger partial charge in [0.2, 0.25) is 0 Å². The first kappa shape index (κ1) is 37.1. The molecule has 6 heteroatoms. The highest BCUT2D eigenvalue weighted by atomic mass is 35.5. The maximum atomic E-state index is 12.9. The fourth-order valence-corrected chi connectivity index (χ4v) is 9.55. The van der Waals surface area contributed by atoms with Crippen molar-refractivity contribution in [2.75, 3.05) is 0 Å². The van der Waals surface area contributed by atoms with Crippen molar-refractivity contribution in [3.63, 3.8) is 0 Å². The second-order valence-corrected chi connectivity index (χ2v) is 15.6. The van der Waals surface area contributed by atoms with Crippen molar-refractivity contribution < 1.29 is 19.2 Å². The molecule has 280 valence electrons. The maximum absolute atomic E-state index is 12.9. The molecule has 4 nitrogen and oxygen atoms in total. The molecule has 58 heavy (non-hydrogen) atoms. The van der Waals surface area contributed by atoms with Crippen LogP contribution in [0.3, 0.4) is 0 Å². The fourth-order valence-electron chi connectivity index (χ4n) is 9.30. The molecule has 0 spiro atoms. The lowest BCUT2D eigenvalue weighted by molar-refractivity contribution is -0.105. The van der Waals surface area contributed by atoms with Gasteiger partial charge in [-0.15, -0.1) is 0 Å². The SMILES string of the molecule is O=CC1=C2C(=CC(=O)c3ccccc32)[C@@H](c2ccc(Cl)cc2)[C@@H]1c1ccccc1.O=CC1=C2C(=CC(=O)c3ccccc32)[C@@H](c2ccc(Cl)cc2)[C@@H]1c1ccccc1. The van der Waals surface area contributed by atoms with Crippen LogP contribution < -0.4 is 0 Å². The molecular weight excluding hydrogens is 759 g/mol. The van der Waals surface area contributed by atoms with E-state index in [2.05, 4.69) is 0 Å². The van der Waals surface area contributed by atoms with Gasteiger partial charge in [-0.1, -0.05) is 157 Å². The average Bonchev–Trinajstić information content (AvgIpc) is 3.78. The molecule has 6 aromatic carbocycles. The van der Waals surface area contributed by atoms with Crippen LogP contribution in [0.25, 0.3) is 11.1 Å². The van der Waals surface area contributed by atoms with E-state index >= 15 is 0 Å². The summed E-state index contributed by atoms with van der Waals surface area (Å²) in [4.78, 5) is 50.5. The molecule has 0 unspecified atom stereocenters. The van der Waals surface area contributed by atoms with Gasteiger partial charge in [-0.2, -0.15) is 0 Å². The standard InChI is InChI=1S/2C26H17ClO2/c2*27-18-12-10-17(11-13-18)24-21-14-23(29)19-8-4-5-9-20(19)26(21)22(15-28)25(24)16-6-2-1-3-7-16/h2*1-15,24-25H/t2*24-,25-/m11/s1. The van der Waals surface area contributed by atoms with Crippen molar-refractivity contribution in [2.45, 2.75) is 23.7 Å². The monoisotopic (exact) mass is 792 g/mol. The Morgan fingerprint density at radius 3 is 1.02 bits per heavy atom. The Morgan fingerprint density at radius 2 is 0.672 bits per heavy atom. The van der Waals surface area contributed by atoms with E-state index in [-0.39, 0.29) is 35.2 Å². The van der Waals surface area contributed by atoms with Crippen molar-refractivity contribution in [3.05, 3.63) is 247 Å². The summed E-state index contributed by atoms with van der Waals surface area (Å²) in [6.45, 7) is 0. The fraction of sp³-hybridized carbons (Fsp3) is 0.0769. The first-order valence-electron chi connectivity index (χ1n) is 19.1. The minimum absolute atomic E-state index is 0.0164. The zero-order valence-corrected chi connectivity index (χ0v) is 32.5. The van der Waals surface area contributed by atoms with Crippen LogP contribution in [-0.4, -0.2) is 24.1 Å². The van der Waals surface area contributed by atoms with Gasteiger partial charge in [0.15, 0.2) is 11.6 Å². The molecule has 0 aliphatic heterocycles. The van der Waals surface area contributed by atoms with Gasteiger partial charge in [0.25, 0.3) is 0 Å². The summed E-state index contributed by atoms with van der Waals surface area (Å²) in [6, 6.07) is 50.5. The largest absolute Gasteiger partial charge is 0.298 e. The highest BCUT2D eigenvalue weighted by molar-refractivity contribution is 6.31. The van der Waals surface area contributed by atoms with Gasteiger partial charge in [0.05, 0.1) is 0 Å². The Labute approximate surface area is 346 Å². The first-order valence-corrected chi connectivity index (χ1v) is 19.8. The number of ketones is 2.